The van der Waals surface area contributed by atoms with Gasteiger partial charge in [0.15, 0.2) is 5.96 Å². The van der Waals surface area contributed by atoms with E-state index in [1.165, 1.54) is 6.42 Å². The van der Waals surface area contributed by atoms with E-state index < -0.39 is 0 Å². The number of halogens is 1. The van der Waals surface area contributed by atoms with E-state index in [1.807, 2.05) is 11.8 Å². The number of likely N-dealkylation sites (tertiary alicyclic amines) is 1. The maximum absolute atomic E-state index is 4.88. The van der Waals surface area contributed by atoms with Crippen molar-refractivity contribution in [1.82, 2.24) is 15.1 Å². The lowest BCUT2D eigenvalue weighted by Crippen LogP contribution is -2.43. The van der Waals surface area contributed by atoms with Gasteiger partial charge in [0, 0.05) is 30.4 Å². The van der Waals surface area contributed by atoms with Gasteiger partial charge in [-0.1, -0.05) is 13.8 Å². The molecule has 1 aliphatic rings. The molecule has 0 aromatic rings. The molecule has 1 saturated heterocycles. The smallest absolute Gasteiger partial charge is 0.194 e. The van der Waals surface area contributed by atoms with Crippen molar-refractivity contribution in [3.05, 3.63) is 0 Å². The molecule has 22 heavy (non-hydrogen) atoms. The first-order chi connectivity index (χ1) is 9.97. The first-order valence-electron chi connectivity index (χ1n) is 8.29. The highest BCUT2D eigenvalue weighted by atomic mass is 127. The molecule has 0 aromatic carbocycles. The SMILES string of the molecule is CCNC(=NCC(C)(C)SC)N1CCC(N(CC)CC)C1.I. The molecule has 0 amide bonds. The Morgan fingerprint density at radius 1 is 1.32 bits per heavy atom. The summed E-state index contributed by atoms with van der Waals surface area (Å²) in [6.07, 6.45) is 3.41. The lowest BCUT2D eigenvalue weighted by Gasteiger charge is -2.28. The lowest BCUT2D eigenvalue weighted by molar-refractivity contribution is 0.223. The molecule has 0 aliphatic carbocycles. The van der Waals surface area contributed by atoms with Crippen LogP contribution in [0, 0.1) is 0 Å². The summed E-state index contributed by atoms with van der Waals surface area (Å²) < 4.78 is 0.207. The normalized spacial score (nSPS) is 19.5. The number of rotatable bonds is 7. The third-order valence-corrected chi connectivity index (χ3v) is 5.52. The number of aliphatic imine (C=N–C) groups is 1. The van der Waals surface area contributed by atoms with Crippen LogP contribution in [0.25, 0.3) is 0 Å². The van der Waals surface area contributed by atoms with Crippen LogP contribution in [0.15, 0.2) is 4.99 Å². The van der Waals surface area contributed by atoms with Crippen molar-refractivity contribution in [2.24, 2.45) is 4.99 Å². The summed E-state index contributed by atoms with van der Waals surface area (Å²) in [5, 5.41) is 3.46. The molecule has 1 aliphatic heterocycles. The van der Waals surface area contributed by atoms with Gasteiger partial charge < -0.3 is 10.2 Å². The fourth-order valence-corrected chi connectivity index (χ4v) is 2.92. The summed E-state index contributed by atoms with van der Waals surface area (Å²) in [7, 11) is 0. The highest BCUT2D eigenvalue weighted by Crippen LogP contribution is 2.22. The van der Waals surface area contributed by atoms with Crippen LogP contribution in [0.5, 0.6) is 0 Å². The van der Waals surface area contributed by atoms with Crippen LogP contribution in [0.3, 0.4) is 0 Å². The highest BCUT2D eigenvalue weighted by Gasteiger charge is 2.28. The van der Waals surface area contributed by atoms with Gasteiger partial charge >= 0.3 is 0 Å². The molecule has 1 atom stereocenters. The van der Waals surface area contributed by atoms with Crippen molar-refractivity contribution in [1.29, 1.82) is 0 Å². The summed E-state index contributed by atoms with van der Waals surface area (Å²) >= 11 is 1.88. The molecule has 132 valence electrons. The van der Waals surface area contributed by atoms with Crippen molar-refractivity contribution in [2.45, 2.75) is 51.8 Å². The van der Waals surface area contributed by atoms with E-state index in [2.05, 4.69) is 56.0 Å². The van der Waals surface area contributed by atoms with E-state index in [-0.39, 0.29) is 28.7 Å². The molecule has 4 nitrogen and oxygen atoms in total. The summed E-state index contributed by atoms with van der Waals surface area (Å²) in [6, 6.07) is 0.678. The van der Waals surface area contributed by atoms with Gasteiger partial charge in [-0.3, -0.25) is 9.89 Å². The van der Waals surface area contributed by atoms with Crippen LogP contribution in [-0.2, 0) is 0 Å². The maximum Gasteiger partial charge on any atom is 0.194 e. The van der Waals surface area contributed by atoms with Crippen LogP contribution in [-0.4, -0.2) is 72.1 Å². The zero-order chi connectivity index (χ0) is 15.9. The molecule has 0 bridgehead atoms. The van der Waals surface area contributed by atoms with Gasteiger partial charge in [0.25, 0.3) is 0 Å². The monoisotopic (exact) mass is 442 g/mol. The lowest BCUT2D eigenvalue weighted by atomic mass is 10.2. The minimum atomic E-state index is 0. The Kier molecular flexibility index (Phi) is 11.1. The zero-order valence-corrected chi connectivity index (χ0v) is 18.3. The van der Waals surface area contributed by atoms with Gasteiger partial charge in [0.1, 0.15) is 0 Å². The Bertz CT molecular complexity index is 332. The number of nitrogens with one attached hydrogen (secondary N) is 1. The van der Waals surface area contributed by atoms with Crippen LogP contribution < -0.4 is 5.32 Å². The van der Waals surface area contributed by atoms with E-state index >= 15 is 0 Å². The van der Waals surface area contributed by atoms with Gasteiger partial charge in [-0.05, 0) is 46.5 Å². The van der Waals surface area contributed by atoms with Gasteiger partial charge in [0.2, 0.25) is 0 Å². The molecule has 1 unspecified atom stereocenters. The predicted molar refractivity (Wildman–Crippen MR) is 112 cm³/mol. The molecule has 1 heterocycles. The molecule has 6 heteroatoms. The zero-order valence-electron chi connectivity index (χ0n) is 15.2. The Morgan fingerprint density at radius 3 is 2.45 bits per heavy atom. The average molecular weight is 442 g/mol. The summed E-state index contributed by atoms with van der Waals surface area (Å²) in [4.78, 5) is 9.87. The highest BCUT2D eigenvalue weighted by molar-refractivity contribution is 14.0. The van der Waals surface area contributed by atoms with Gasteiger partial charge in [-0.2, -0.15) is 11.8 Å². The second-order valence-electron chi connectivity index (χ2n) is 6.24. The number of hydrogen-bond acceptors (Lipinski definition) is 3. The van der Waals surface area contributed by atoms with Crippen LogP contribution in [0.2, 0.25) is 0 Å². The molecule has 1 rings (SSSR count). The number of nitrogens with zero attached hydrogens (tertiary/aromatic N) is 3. The van der Waals surface area contributed by atoms with E-state index in [1.54, 1.807) is 0 Å². The number of thioether (sulfide) groups is 1. The quantitative estimate of drug-likeness (QED) is 0.373. The molecule has 0 aromatic heterocycles. The molecule has 0 radical (unpaired) electrons. The van der Waals surface area contributed by atoms with Gasteiger partial charge in [-0.25, -0.2) is 0 Å². The largest absolute Gasteiger partial charge is 0.357 e. The number of hydrogen-bond donors (Lipinski definition) is 1. The van der Waals surface area contributed by atoms with Crippen LogP contribution >= 0.6 is 35.7 Å². The molecule has 1 fully saturated rings. The third kappa shape index (κ3) is 6.83. The first-order valence-corrected chi connectivity index (χ1v) is 9.52. The van der Waals surface area contributed by atoms with Crippen molar-refractivity contribution in [2.75, 3.05) is 45.5 Å². The van der Waals surface area contributed by atoms with Crippen LogP contribution in [0.1, 0.15) is 41.0 Å². The van der Waals surface area contributed by atoms with E-state index in [0.29, 0.717) is 6.04 Å². The van der Waals surface area contributed by atoms with Gasteiger partial charge in [-0.15, -0.1) is 24.0 Å². The Balaban J connectivity index is 0.00000441. The minimum absolute atomic E-state index is 0. The fourth-order valence-electron chi connectivity index (χ4n) is 2.73. The number of likely N-dealkylation sites (N-methyl/N-ethyl adjacent to an activating group) is 1. The first kappa shape index (κ1) is 22.3. The maximum atomic E-state index is 4.88. The average Bonchev–Trinajstić information content (AvgIpc) is 2.94. The summed E-state index contributed by atoms with van der Waals surface area (Å²) in [5.74, 6) is 1.09. The second-order valence-corrected chi connectivity index (χ2v) is 7.76. The van der Waals surface area contributed by atoms with Crippen molar-refractivity contribution in [3.63, 3.8) is 0 Å². The Morgan fingerprint density at radius 2 is 1.95 bits per heavy atom. The van der Waals surface area contributed by atoms with E-state index in [4.69, 9.17) is 4.99 Å². The number of guanidine groups is 1. The predicted octanol–water partition coefficient (Wildman–Crippen LogP) is 3.13. The standard InChI is InChI=1S/C16H34N4S.HI/c1-7-17-15(18-13-16(4,5)21-6)20-11-10-14(12-20)19(8-2)9-3;/h14H,7-13H2,1-6H3,(H,17,18);1H. The Hall–Kier alpha value is 0.310. The van der Waals surface area contributed by atoms with E-state index in [0.717, 1.165) is 45.2 Å². The molecule has 0 saturated carbocycles. The van der Waals surface area contributed by atoms with Crippen molar-refractivity contribution in [3.8, 4) is 0 Å². The topological polar surface area (TPSA) is 30.9 Å². The van der Waals surface area contributed by atoms with Crippen molar-refractivity contribution >= 4 is 41.7 Å². The molecular formula is C16H35IN4S. The Labute approximate surface area is 158 Å². The third-order valence-electron chi connectivity index (χ3n) is 4.29. The molecular weight excluding hydrogens is 407 g/mol. The summed E-state index contributed by atoms with van der Waals surface area (Å²) in [6.45, 7) is 17.5. The fraction of sp³-hybridized carbons (Fsp3) is 0.938. The van der Waals surface area contributed by atoms with Gasteiger partial charge in [0.05, 0.1) is 6.54 Å². The van der Waals surface area contributed by atoms with E-state index in [9.17, 15) is 0 Å². The minimum Gasteiger partial charge on any atom is -0.357 e. The summed E-state index contributed by atoms with van der Waals surface area (Å²) in [5.41, 5.74) is 0. The van der Waals surface area contributed by atoms with Crippen LogP contribution in [0.4, 0.5) is 0 Å². The van der Waals surface area contributed by atoms with Crippen molar-refractivity contribution < 1.29 is 0 Å². The molecule has 1 N–H and O–H groups in total. The molecule has 0 spiro atoms. The second kappa shape index (κ2) is 11.0.